The Labute approximate surface area is 167 Å². The largest absolute Gasteiger partial charge is 0.465 e. The lowest BCUT2D eigenvalue weighted by Crippen LogP contribution is -2.48. The molecule has 6 heteroatoms. The molecule has 1 saturated carbocycles. The van der Waals surface area contributed by atoms with Crippen LogP contribution in [-0.2, 0) is 16.0 Å². The first kappa shape index (κ1) is 21.1. The number of aliphatic hydroxyl groups is 1. The summed E-state index contributed by atoms with van der Waals surface area (Å²) in [5, 5.41) is 10.3. The molecule has 28 heavy (non-hydrogen) atoms. The summed E-state index contributed by atoms with van der Waals surface area (Å²) < 4.78 is 16.2. The molecule has 0 aliphatic heterocycles. The monoisotopic (exact) mass is 391 g/mol. The zero-order valence-electron chi connectivity index (χ0n) is 17.7. The Bertz CT molecular complexity index is 735. The van der Waals surface area contributed by atoms with Gasteiger partial charge in [-0.2, -0.15) is 0 Å². The molecule has 1 fully saturated rings. The molecule has 0 saturated heterocycles. The van der Waals surface area contributed by atoms with Crippen LogP contribution in [0, 0.1) is 24.2 Å². The maximum Gasteiger partial charge on any atom is 0.341 e. The SMILES string of the molecule is COC(=O)c1cc(CN(C)CC(O)COCC2=CCC3CC2C3(C)C)oc1C. The van der Waals surface area contributed by atoms with Crippen molar-refractivity contribution >= 4 is 5.97 Å². The molecule has 1 heterocycles. The highest BCUT2D eigenvalue weighted by atomic mass is 16.5. The number of ether oxygens (including phenoxy) is 2. The van der Waals surface area contributed by atoms with Crippen LogP contribution in [0.1, 0.15) is 48.6 Å². The number of aliphatic hydroxyl groups excluding tert-OH is 1. The van der Waals surface area contributed by atoms with Crippen molar-refractivity contribution in [1.29, 1.82) is 0 Å². The average Bonchev–Trinajstić information content (AvgIpc) is 3.00. The smallest absolute Gasteiger partial charge is 0.341 e. The van der Waals surface area contributed by atoms with E-state index in [4.69, 9.17) is 13.9 Å². The first-order valence-corrected chi connectivity index (χ1v) is 10.0. The molecular formula is C22H33NO5. The number of furan rings is 1. The molecule has 1 N–H and O–H groups in total. The fraction of sp³-hybridized carbons (Fsp3) is 0.682. The van der Waals surface area contributed by atoms with Gasteiger partial charge in [-0.15, -0.1) is 0 Å². The second kappa shape index (κ2) is 8.39. The average molecular weight is 392 g/mol. The Morgan fingerprint density at radius 1 is 1.46 bits per heavy atom. The molecule has 4 rings (SSSR count). The molecule has 0 radical (unpaired) electrons. The molecule has 0 aromatic carbocycles. The van der Waals surface area contributed by atoms with E-state index in [0.717, 1.165) is 12.3 Å². The standard InChI is InChI=1S/C22H33NO5/c1-14-19(21(25)26-5)9-18(28-14)11-23(4)10-17(24)13-27-12-15-6-7-16-8-20(15)22(16,2)3/h6,9,16-17,20,24H,7-8,10-13H2,1-5H3. The number of allylic oxidation sites excluding steroid dienone is 1. The number of likely N-dealkylation sites (N-methyl/N-ethyl adjacent to an activating group) is 1. The highest BCUT2D eigenvalue weighted by Crippen LogP contribution is 2.59. The van der Waals surface area contributed by atoms with Crippen molar-refractivity contribution in [2.75, 3.05) is 33.9 Å². The van der Waals surface area contributed by atoms with Gasteiger partial charge in [0.1, 0.15) is 17.1 Å². The summed E-state index contributed by atoms with van der Waals surface area (Å²) in [7, 11) is 3.25. The Morgan fingerprint density at radius 2 is 2.21 bits per heavy atom. The summed E-state index contributed by atoms with van der Waals surface area (Å²) >= 11 is 0. The van der Waals surface area contributed by atoms with Crippen LogP contribution in [0.3, 0.4) is 0 Å². The predicted octanol–water partition coefficient (Wildman–Crippen LogP) is 3.18. The number of esters is 1. The second-order valence-corrected chi connectivity index (χ2v) is 8.86. The van der Waals surface area contributed by atoms with E-state index in [1.54, 1.807) is 13.0 Å². The van der Waals surface area contributed by atoms with Crippen LogP contribution in [0.4, 0.5) is 0 Å². The van der Waals surface area contributed by atoms with Gasteiger partial charge < -0.3 is 19.0 Å². The molecular weight excluding hydrogens is 358 g/mol. The Hall–Kier alpha value is -1.63. The van der Waals surface area contributed by atoms with Crippen LogP contribution in [0.25, 0.3) is 0 Å². The number of carbonyl (C=O) groups is 1. The van der Waals surface area contributed by atoms with E-state index in [9.17, 15) is 9.90 Å². The van der Waals surface area contributed by atoms with Crippen molar-refractivity contribution in [3.05, 3.63) is 34.8 Å². The number of carbonyl (C=O) groups excluding carboxylic acids is 1. The molecule has 6 nitrogen and oxygen atoms in total. The van der Waals surface area contributed by atoms with E-state index in [0.29, 0.717) is 54.7 Å². The lowest BCUT2D eigenvalue weighted by Gasteiger charge is -2.56. The summed E-state index contributed by atoms with van der Waals surface area (Å²) in [5.41, 5.74) is 2.24. The third-order valence-corrected chi connectivity index (χ3v) is 6.48. The summed E-state index contributed by atoms with van der Waals surface area (Å²) in [6.45, 7) is 8.32. The maximum absolute atomic E-state index is 11.7. The second-order valence-electron chi connectivity index (χ2n) is 8.86. The third-order valence-electron chi connectivity index (χ3n) is 6.48. The summed E-state index contributed by atoms with van der Waals surface area (Å²) in [4.78, 5) is 13.6. The maximum atomic E-state index is 11.7. The molecule has 0 amide bonds. The molecule has 3 aliphatic rings. The lowest BCUT2D eigenvalue weighted by molar-refractivity contribution is -0.0258. The molecule has 3 atom stereocenters. The fourth-order valence-electron chi connectivity index (χ4n) is 4.63. The number of fused-ring (bicyclic) bond motifs is 1. The van der Waals surface area contributed by atoms with Crippen molar-refractivity contribution in [1.82, 2.24) is 4.90 Å². The van der Waals surface area contributed by atoms with E-state index < -0.39 is 12.1 Å². The van der Waals surface area contributed by atoms with Gasteiger partial charge in [0.15, 0.2) is 0 Å². The first-order chi connectivity index (χ1) is 13.2. The van der Waals surface area contributed by atoms with Gasteiger partial charge in [0.05, 0.1) is 33.0 Å². The van der Waals surface area contributed by atoms with E-state index in [1.807, 2.05) is 11.9 Å². The van der Waals surface area contributed by atoms with E-state index in [1.165, 1.54) is 19.1 Å². The van der Waals surface area contributed by atoms with Crippen molar-refractivity contribution in [3.8, 4) is 0 Å². The van der Waals surface area contributed by atoms with E-state index in [-0.39, 0.29) is 0 Å². The number of hydrogen-bond acceptors (Lipinski definition) is 6. The predicted molar refractivity (Wildman–Crippen MR) is 106 cm³/mol. The van der Waals surface area contributed by atoms with Crippen LogP contribution in [0.15, 0.2) is 22.1 Å². The Morgan fingerprint density at radius 3 is 2.86 bits per heavy atom. The van der Waals surface area contributed by atoms with Crippen molar-refractivity contribution < 1.29 is 23.8 Å². The summed E-state index contributed by atoms with van der Waals surface area (Å²) in [5.74, 6) is 2.27. The highest BCUT2D eigenvalue weighted by Gasteiger charge is 2.50. The van der Waals surface area contributed by atoms with Crippen LogP contribution >= 0.6 is 0 Å². The number of rotatable bonds is 9. The molecule has 2 bridgehead atoms. The van der Waals surface area contributed by atoms with Crippen molar-refractivity contribution in [2.45, 2.75) is 46.3 Å². The lowest BCUT2D eigenvalue weighted by atomic mass is 9.49. The Balaban J connectivity index is 1.41. The minimum Gasteiger partial charge on any atom is -0.465 e. The highest BCUT2D eigenvalue weighted by molar-refractivity contribution is 5.90. The first-order valence-electron chi connectivity index (χ1n) is 10.0. The number of nitrogens with zero attached hydrogens (tertiary/aromatic N) is 1. The van der Waals surface area contributed by atoms with E-state index in [2.05, 4.69) is 19.9 Å². The van der Waals surface area contributed by atoms with E-state index >= 15 is 0 Å². The third kappa shape index (κ3) is 4.34. The minimum absolute atomic E-state index is 0.308. The Kier molecular flexibility index (Phi) is 6.32. The van der Waals surface area contributed by atoms with Crippen LogP contribution in [0.2, 0.25) is 0 Å². The van der Waals surface area contributed by atoms with Gasteiger partial charge in [-0.05, 0) is 55.7 Å². The molecule has 0 spiro atoms. The van der Waals surface area contributed by atoms with Crippen molar-refractivity contribution in [2.24, 2.45) is 17.3 Å². The zero-order chi connectivity index (χ0) is 20.5. The van der Waals surface area contributed by atoms with Gasteiger partial charge in [0.25, 0.3) is 0 Å². The molecule has 1 aromatic rings. The van der Waals surface area contributed by atoms with Gasteiger partial charge in [0, 0.05) is 6.54 Å². The fourth-order valence-corrected chi connectivity index (χ4v) is 4.63. The quantitative estimate of drug-likeness (QED) is 0.515. The number of hydrogen-bond donors (Lipinski definition) is 1. The molecule has 156 valence electrons. The van der Waals surface area contributed by atoms with Crippen LogP contribution in [0.5, 0.6) is 0 Å². The molecule has 3 unspecified atom stereocenters. The van der Waals surface area contributed by atoms with Gasteiger partial charge in [-0.1, -0.05) is 19.9 Å². The number of methoxy groups -OCH3 is 1. The van der Waals surface area contributed by atoms with Gasteiger partial charge in [0.2, 0.25) is 0 Å². The van der Waals surface area contributed by atoms with Crippen LogP contribution in [-0.4, -0.2) is 56.0 Å². The summed E-state index contributed by atoms with van der Waals surface area (Å²) in [6, 6.07) is 1.70. The molecule has 3 aliphatic carbocycles. The van der Waals surface area contributed by atoms with Crippen molar-refractivity contribution in [3.63, 3.8) is 0 Å². The topological polar surface area (TPSA) is 72.1 Å². The minimum atomic E-state index is -0.576. The van der Waals surface area contributed by atoms with Gasteiger partial charge in [-0.3, -0.25) is 4.90 Å². The van der Waals surface area contributed by atoms with Gasteiger partial charge >= 0.3 is 5.97 Å². The molecule has 1 aromatic heterocycles. The van der Waals surface area contributed by atoms with Crippen LogP contribution < -0.4 is 0 Å². The normalized spacial score (nSPS) is 23.9. The zero-order valence-corrected chi connectivity index (χ0v) is 17.7. The summed E-state index contributed by atoms with van der Waals surface area (Å²) in [6.07, 6.45) is 4.20. The number of aryl methyl sites for hydroxylation is 1. The van der Waals surface area contributed by atoms with Gasteiger partial charge in [-0.25, -0.2) is 4.79 Å².